The molecule has 0 saturated heterocycles. The molecule has 0 spiro atoms. The van der Waals surface area contributed by atoms with Crippen LogP contribution in [0.25, 0.3) is 5.52 Å². The van der Waals surface area contributed by atoms with Gasteiger partial charge < -0.3 is 4.79 Å². The van der Waals surface area contributed by atoms with Gasteiger partial charge in [-0.15, -0.1) is 0 Å². The lowest BCUT2D eigenvalue weighted by Gasteiger charge is -2.17. The van der Waals surface area contributed by atoms with Crippen LogP contribution in [0.3, 0.4) is 0 Å². The van der Waals surface area contributed by atoms with Crippen molar-refractivity contribution in [1.29, 1.82) is 0 Å². The summed E-state index contributed by atoms with van der Waals surface area (Å²) in [5.41, 5.74) is 2.76. The summed E-state index contributed by atoms with van der Waals surface area (Å²) in [6.07, 6.45) is 4.70. The van der Waals surface area contributed by atoms with Crippen molar-refractivity contribution in [2.45, 2.75) is 26.2 Å². The molecule has 0 aromatic carbocycles. The summed E-state index contributed by atoms with van der Waals surface area (Å²) in [6, 6.07) is 3.99. The van der Waals surface area contributed by atoms with Crippen LogP contribution in [0.2, 0.25) is 0 Å². The van der Waals surface area contributed by atoms with Gasteiger partial charge in [0.15, 0.2) is 0 Å². The number of hydrogen-bond acceptors (Lipinski definition) is 2. The minimum atomic E-state index is -0.450. The lowest BCUT2D eigenvalue weighted by Crippen LogP contribution is -2.19. The molecule has 3 nitrogen and oxygen atoms in total. The summed E-state index contributed by atoms with van der Waals surface area (Å²) in [6.45, 7) is 5.82. The number of aldehydes is 1. The monoisotopic (exact) mass is 202 g/mol. The fourth-order valence-corrected chi connectivity index (χ4v) is 1.56. The number of carbonyl (C=O) groups excluding carboxylic acids is 1. The maximum absolute atomic E-state index is 10.9. The zero-order chi connectivity index (χ0) is 11.1. The predicted octanol–water partition coefficient (Wildman–Crippen LogP) is 2.12. The molecule has 0 bridgehead atoms. The van der Waals surface area contributed by atoms with E-state index in [0.29, 0.717) is 0 Å². The number of aryl methyl sites for hydroxylation is 1. The summed E-state index contributed by atoms with van der Waals surface area (Å²) in [4.78, 5) is 10.9. The number of nitrogens with zero attached hydrogens (tertiary/aromatic N) is 2. The molecule has 2 aromatic heterocycles. The first-order valence-electron chi connectivity index (χ1n) is 4.95. The quantitative estimate of drug-likeness (QED) is 0.699. The maximum atomic E-state index is 10.9. The van der Waals surface area contributed by atoms with E-state index in [4.69, 9.17) is 0 Å². The predicted molar refractivity (Wildman–Crippen MR) is 59.0 cm³/mol. The summed E-state index contributed by atoms with van der Waals surface area (Å²) < 4.78 is 1.82. The number of hydrogen-bond donors (Lipinski definition) is 0. The van der Waals surface area contributed by atoms with Gasteiger partial charge in [-0.3, -0.25) is 0 Å². The van der Waals surface area contributed by atoms with Crippen molar-refractivity contribution in [3.63, 3.8) is 0 Å². The van der Waals surface area contributed by atoms with Crippen LogP contribution < -0.4 is 0 Å². The fourth-order valence-electron chi connectivity index (χ4n) is 1.56. The molecule has 0 aliphatic heterocycles. The lowest BCUT2D eigenvalue weighted by atomic mass is 9.87. The molecule has 2 heterocycles. The molecule has 0 saturated carbocycles. The third-order valence-corrected chi connectivity index (χ3v) is 2.75. The van der Waals surface area contributed by atoms with Gasteiger partial charge in [-0.1, -0.05) is 6.07 Å². The third kappa shape index (κ3) is 1.54. The minimum absolute atomic E-state index is 0.450. The van der Waals surface area contributed by atoms with Crippen molar-refractivity contribution in [2.75, 3.05) is 0 Å². The Labute approximate surface area is 88.7 Å². The highest BCUT2D eigenvalue weighted by atomic mass is 16.1. The standard InChI is InChI=1S/C12H14N2O/c1-9-6-13-14-7-10(4-5-11(9)14)12(2,3)8-15/h4-8H,1-3H3. The molecule has 0 amide bonds. The van der Waals surface area contributed by atoms with Gasteiger partial charge in [0.2, 0.25) is 0 Å². The van der Waals surface area contributed by atoms with E-state index in [0.717, 1.165) is 22.9 Å². The van der Waals surface area contributed by atoms with Crippen molar-refractivity contribution in [3.05, 3.63) is 35.7 Å². The molecule has 0 aliphatic carbocycles. The molecule has 0 N–H and O–H groups in total. The molecule has 0 fully saturated rings. The second-order valence-electron chi connectivity index (χ2n) is 4.41. The average Bonchev–Trinajstić information content (AvgIpc) is 2.60. The van der Waals surface area contributed by atoms with Gasteiger partial charge in [-0.25, -0.2) is 4.52 Å². The summed E-state index contributed by atoms with van der Waals surface area (Å²) >= 11 is 0. The number of pyridine rings is 1. The van der Waals surface area contributed by atoms with Gasteiger partial charge in [-0.2, -0.15) is 5.10 Å². The molecular weight excluding hydrogens is 188 g/mol. The molecule has 78 valence electrons. The van der Waals surface area contributed by atoms with Crippen LogP contribution in [0.1, 0.15) is 25.0 Å². The fraction of sp³-hybridized carbons (Fsp3) is 0.333. The zero-order valence-electron chi connectivity index (χ0n) is 9.19. The summed E-state index contributed by atoms with van der Waals surface area (Å²) in [5, 5.41) is 4.23. The van der Waals surface area contributed by atoms with Crippen molar-refractivity contribution < 1.29 is 4.79 Å². The van der Waals surface area contributed by atoms with E-state index in [1.807, 2.05) is 49.8 Å². The second-order valence-corrected chi connectivity index (χ2v) is 4.41. The third-order valence-electron chi connectivity index (χ3n) is 2.75. The van der Waals surface area contributed by atoms with Crippen molar-refractivity contribution in [1.82, 2.24) is 9.61 Å². The Morgan fingerprint density at radius 2 is 2.13 bits per heavy atom. The number of fused-ring (bicyclic) bond motifs is 1. The van der Waals surface area contributed by atoms with Crippen LogP contribution in [-0.2, 0) is 10.2 Å². The van der Waals surface area contributed by atoms with Gasteiger partial charge in [0.05, 0.1) is 11.7 Å². The van der Waals surface area contributed by atoms with E-state index in [2.05, 4.69) is 5.10 Å². The van der Waals surface area contributed by atoms with Gasteiger partial charge in [0.1, 0.15) is 6.29 Å². The van der Waals surface area contributed by atoms with E-state index in [1.54, 1.807) is 0 Å². The van der Waals surface area contributed by atoms with Crippen LogP contribution in [0.4, 0.5) is 0 Å². The molecule has 15 heavy (non-hydrogen) atoms. The topological polar surface area (TPSA) is 34.4 Å². The molecular formula is C12H14N2O. The molecule has 0 aliphatic rings. The Balaban J connectivity index is 2.61. The van der Waals surface area contributed by atoms with E-state index in [-0.39, 0.29) is 0 Å². The lowest BCUT2D eigenvalue weighted by molar-refractivity contribution is -0.111. The van der Waals surface area contributed by atoms with Crippen LogP contribution in [0.15, 0.2) is 24.5 Å². The maximum Gasteiger partial charge on any atom is 0.130 e. The van der Waals surface area contributed by atoms with Crippen molar-refractivity contribution in [2.24, 2.45) is 0 Å². The average molecular weight is 202 g/mol. The van der Waals surface area contributed by atoms with Gasteiger partial charge in [0.25, 0.3) is 0 Å². The van der Waals surface area contributed by atoms with E-state index >= 15 is 0 Å². The van der Waals surface area contributed by atoms with Crippen LogP contribution in [0.5, 0.6) is 0 Å². The number of carbonyl (C=O) groups is 1. The smallest absolute Gasteiger partial charge is 0.130 e. The first-order valence-corrected chi connectivity index (χ1v) is 4.95. The van der Waals surface area contributed by atoms with E-state index < -0.39 is 5.41 Å². The Morgan fingerprint density at radius 3 is 2.80 bits per heavy atom. The first-order chi connectivity index (χ1) is 7.04. The van der Waals surface area contributed by atoms with Gasteiger partial charge >= 0.3 is 0 Å². The molecule has 0 unspecified atom stereocenters. The highest BCUT2D eigenvalue weighted by molar-refractivity contribution is 5.67. The molecule has 2 rings (SSSR count). The Hall–Kier alpha value is -1.64. The molecule has 0 radical (unpaired) electrons. The van der Waals surface area contributed by atoms with E-state index in [1.165, 1.54) is 0 Å². The van der Waals surface area contributed by atoms with Crippen molar-refractivity contribution in [3.8, 4) is 0 Å². The minimum Gasteiger partial charge on any atom is -0.302 e. The van der Waals surface area contributed by atoms with E-state index in [9.17, 15) is 4.79 Å². The molecule has 2 aromatic rings. The Kier molecular flexibility index (Phi) is 2.11. The first kappa shape index (κ1) is 9.90. The zero-order valence-corrected chi connectivity index (χ0v) is 9.19. The largest absolute Gasteiger partial charge is 0.302 e. The van der Waals surface area contributed by atoms with Crippen LogP contribution in [-0.4, -0.2) is 15.9 Å². The highest BCUT2D eigenvalue weighted by Crippen LogP contribution is 2.21. The van der Waals surface area contributed by atoms with Gasteiger partial charge in [0, 0.05) is 11.6 Å². The van der Waals surface area contributed by atoms with Crippen molar-refractivity contribution >= 4 is 11.8 Å². The Morgan fingerprint density at radius 1 is 1.40 bits per heavy atom. The highest BCUT2D eigenvalue weighted by Gasteiger charge is 2.20. The Bertz CT molecular complexity index is 511. The second kappa shape index (κ2) is 3.19. The van der Waals surface area contributed by atoms with Crippen LogP contribution in [0, 0.1) is 6.92 Å². The SMILES string of the molecule is Cc1cnn2cc(C(C)(C)C=O)ccc12. The molecule has 0 atom stereocenters. The van der Waals surface area contributed by atoms with Crippen LogP contribution >= 0.6 is 0 Å². The number of rotatable bonds is 2. The molecule has 3 heteroatoms. The summed E-state index contributed by atoms with van der Waals surface area (Å²) in [7, 11) is 0. The van der Waals surface area contributed by atoms with Gasteiger partial charge in [-0.05, 0) is 38.0 Å². The number of aromatic nitrogens is 2. The normalized spacial score (nSPS) is 11.9. The summed E-state index contributed by atoms with van der Waals surface area (Å²) in [5.74, 6) is 0.